The Morgan fingerprint density at radius 1 is 1.47 bits per heavy atom. The molecule has 2 heterocycles. The van der Waals surface area contributed by atoms with Gasteiger partial charge in [0.15, 0.2) is 5.13 Å². The second-order valence-corrected chi connectivity index (χ2v) is 4.61. The van der Waals surface area contributed by atoms with Crippen LogP contribution in [-0.4, -0.2) is 9.97 Å². The van der Waals surface area contributed by atoms with Crippen LogP contribution < -0.4 is 10.5 Å². The Labute approximate surface area is 99.3 Å². The van der Waals surface area contributed by atoms with Crippen molar-refractivity contribution in [3.8, 4) is 5.75 Å². The number of hydrogen-bond acceptors (Lipinski definition) is 5. The van der Waals surface area contributed by atoms with E-state index < -0.39 is 0 Å². The quantitative estimate of drug-likeness (QED) is 0.941. The molecule has 78 valence electrons. The molecule has 2 N–H and O–H groups in total. The SMILES string of the molecule is Nc1nc(COc2cncc(Br)c2)cs1. The largest absolute Gasteiger partial charge is 0.486 e. The molecule has 0 saturated heterocycles. The van der Waals surface area contributed by atoms with Crippen molar-refractivity contribution in [3.05, 3.63) is 34.0 Å². The summed E-state index contributed by atoms with van der Waals surface area (Å²) in [7, 11) is 0. The van der Waals surface area contributed by atoms with E-state index in [1.807, 2.05) is 11.4 Å². The van der Waals surface area contributed by atoms with Crippen molar-refractivity contribution in [2.75, 3.05) is 5.73 Å². The van der Waals surface area contributed by atoms with E-state index >= 15 is 0 Å². The van der Waals surface area contributed by atoms with E-state index in [0.29, 0.717) is 17.5 Å². The van der Waals surface area contributed by atoms with Crippen molar-refractivity contribution in [1.29, 1.82) is 0 Å². The van der Waals surface area contributed by atoms with E-state index in [1.54, 1.807) is 12.4 Å². The smallest absolute Gasteiger partial charge is 0.180 e. The zero-order valence-corrected chi connectivity index (χ0v) is 10.1. The zero-order valence-electron chi connectivity index (χ0n) is 7.68. The lowest BCUT2D eigenvalue weighted by Gasteiger charge is -2.03. The van der Waals surface area contributed by atoms with Crippen molar-refractivity contribution in [1.82, 2.24) is 9.97 Å². The lowest BCUT2D eigenvalue weighted by atomic mass is 10.4. The number of rotatable bonds is 3. The second-order valence-electron chi connectivity index (χ2n) is 2.80. The average Bonchev–Trinajstić information content (AvgIpc) is 2.62. The van der Waals surface area contributed by atoms with Gasteiger partial charge in [0.2, 0.25) is 0 Å². The van der Waals surface area contributed by atoms with Gasteiger partial charge in [0, 0.05) is 16.0 Å². The van der Waals surface area contributed by atoms with E-state index in [1.165, 1.54) is 11.3 Å². The van der Waals surface area contributed by atoms with E-state index in [9.17, 15) is 0 Å². The summed E-state index contributed by atoms with van der Waals surface area (Å²) in [5.74, 6) is 0.705. The molecule has 0 radical (unpaired) electrons. The van der Waals surface area contributed by atoms with Crippen LogP contribution >= 0.6 is 27.3 Å². The normalized spacial score (nSPS) is 10.2. The number of thiazole rings is 1. The van der Waals surface area contributed by atoms with Gasteiger partial charge in [0.25, 0.3) is 0 Å². The Balaban J connectivity index is 1.99. The summed E-state index contributed by atoms with van der Waals surface area (Å²) >= 11 is 4.72. The Kier molecular flexibility index (Phi) is 3.17. The van der Waals surface area contributed by atoms with Crippen LogP contribution in [0.2, 0.25) is 0 Å². The first-order chi connectivity index (χ1) is 7.24. The molecule has 0 aliphatic heterocycles. The predicted octanol–water partition coefficient (Wildman–Crippen LogP) is 2.46. The first kappa shape index (κ1) is 10.4. The molecule has 0 aromatic carbocycles. The van der Waals surface area contributed by atoms with E-state index in [4.69, 9.17) is 10.5 Å². The third-order valence-electron chi connectivity index (χ3n) is 1.64. The molecule has 0 bridgehead atoms. The van der Waals surface area contributed by atoms with Gasteiger partial charge in [-0.3, -0.25) is 4.98 Å². The van der Waals surface area contributed by atoms with Crippen molar-refractivity contribution in [3.63, 3.8) is 0 Å². The van der Waals surface area contributed by atoms with Crippen LogP contribution in [0.15, 0.2) is 28.3 Å². The summed E-state index contributed by atoms with van der Waals surface area (Å²) in [6.07, 6.45) is 3.36. The number of hydrogen-bond donors (Lipinski definition) is 1. The topological polar surface area (TPSA) is 61.0 Å². The molecule has 4 nitrogen and oxygen atoms in total. The van der Waals surface area contributed by atoms with E-state index in [-0.39, 0.29) is 0 Å². The Morgan fingerprint density at radius 3 is 3.00 bits per heavy atom. The van der Waals surface area contributed by atoms with Gasteiger partial charge in [-0.05, 0) is 22.0 Å². The highest BCUT2D eigenvalue weighted by atomic mass is 79.9. The van der Waals surface area contributed by atoms with Crippen LogP contribution in [0, 0.1) is 0 Å². The van der Waals surface area contributed by atoms with Gasteiger partial charge in [-0.2, -0.15) is 0 Å². The van der Waals surface area contributed by atoms with Crippen molar-refractivity contribution >= 4 is 32.4 Å². The minimum absolute atomic E-state index is 0.409. The van der Waals surface area contributed by atoms with Gasteiger partial charge >= 0.3 is 0 Å². The van der Waals surface area contributed by atoms with Gasteiger partial charge in [-0.1, -0.05) is 0 Å². The predicted molar refractivity (Wildman–Crippen MR) is 62.8 cm³/mol. The van der Waals surface area contributed by atoms with Gasteiger partial charge in [-0.15, -0.1) is 11.3 Å². The molecule has 0 spiro atoms. The molecule has 0 saturated carbocycles. The van der Waals surface area contributed by atoms with Gasteiger partial charge in [-0.25, -0.2) is 4.98 Å². The van der Waals surface area contributed by atoms with Crippen LogP contribution in [0.4, 0.5) is 5.13 Å². The fraction of sp³-hybridized carbons (Fsp3) is 0.111. The zero-order chi connectivity index (χ0) is 10.7. The summed E-state index contributed by atoms with van der Waals surface area (Å²) in [6.45, 7) is 0.409. The number of aromatic nitrogens is 2. The highest BCUT2D eigenvalue weighted by molar-refractivity contribution is 9.10. The lowest BCUT2D eigenvalue weighted by Crippen LogP contribution is -1.96. The molecule has 2 aromatic rings. The van der Waals surface area contributed by atoms with Crippen LogP contribution in [0.1, 0.15) is 5.69 Å². The summed E-state index contributed by atoms with van der Waals surface area (Å²) in [5, 5.41) is 2.43. The molecule has 2 rings (SSSR count). The maximum absolute atomic E-state index is 5.50. The molecule has 6 heteroatoms. The van der Waals surface area contributed by atoms with Crippen molar-refractivity contribution in [2.45, 2.75) is 6.61 Å². The molecular formula is C9H8BrN3OS. The summed E-state index contributed by atoms with van der Waals surface area (Å²) in [6, 6.07) is 1.85. The highest BCUT2D eigenvalue weighted by Gasteiger charge is 2.00. The fourth-order valence-corrected chi connectivity index (χ4v) is 1.91. The number of halogens is 1. The monoisotopic (exact) mass is 285 g/mol. The Hall–Kier alpha value is -1.14. The maximum Gasteiger partial charge on any atom is 0.180 e. The lowest BCUT2D eigenvalue weighted by molar-refractivity contribution is 0.301. The fourth-order valence-electron chi connectivity index (χ4n) is 1.02. The average molecular weight is 286 g/mol. The highest BCUT2D eigenvalue weighted by Crippen LogP contribution is 2.18. The number of nitrogens with two attached hydrogens (primary N) is 1. The first-order valence-corrected chi connectivity index (χ1v) is 5.84. The van der Waals surface area contributed by atoms with Gasteiger partial charge < -0.3 is 10.5 Å². The van der Waals surface area contributed by atoms with E-state index in [2.05, 4.69) is 25.9 Å². The first-order valence-electron chi connectivity index (χ1n) is 4.17. The maximum atomic E-state index is 5.50. The number of nitrogens with zero attached hydrogens (tertiary/aromatic N) is 2. The molecule has 0 unspecified atom stereocenters. The van der Waals surface area contributed by atoms with Gasteiger partial charge in [0.05, 0.1) is 11.9 Å². The number of pyridine rings is 1. The molecule has 2 aromatic heterocycles. The number of ether oxygens (including phenoxy) is 1. The molecule has 0 atom stereocenters. The van der Waals surface area contributed by atoms with Crippen LogP contribution in [0.25, 0.3) is 0 Å². The van der Waals surface area contributed by atoms with Crippen LogP contribution in [-0.2, 0) is 6.61 Å². The molecular weight excluding hydrogens is 278 g/mol. The molecule has 0 aliphatic carbocycles. The molecule has 0 fully saturated rings. The van der Waals surface area contributed by atoms with E-state index in [0.717, 1.165) is 10.2 Å². The molecule has 0 amide bonds. The molecule has 0 aliphatic rings. The minimum Gasteiger partial charge on any atom is -0.486 e. The second kappa shape index (κ2) is 4.59. The third kappa shape index (κ3) is 2.90. The van der Waals surface area contributed by atoms with Gasteiger partial charge in [0.1, 0.15) is 12.4 Å². The van der Waals surface area contributed by atoms with Crippen LogP contribution in [0.3, 0.4) is 0 Å². The number of anilines is 1. The van der Waals surface area contributed by atoms with Crippen molar-refractivity contribution in [2.24, 2.45) is 0 Å². The molecule has 15 heavy (non-hydrogen) atoms. The summed E-state index contributed by atoms with van der Waals surface area (Å²) in [5.41, 5.74) is 6.33. The number of nitrogen functional groups attached to an aromatic ring is 1. The Morgan fingerprint density at radius 2 is 2.33 bits per heavy atom. The van der Waals surface area contributed by atoms with Crippen LogP contribution in [0.5, 0.6) is 5.75 Å². The van der Waals surface area contributed by atoms with Crippen molar-refractivity contribution < 1.29 is 4.74 Å². The Bertz CT molecular complexity index is 460. The minimum atomic E-state index is 0.409. The standard InChI is InChI=1S/C9H8BrN3OS/c10-6-1-8(3-12-2-6)14-4-7-5-15-9(11)13-7/h1-3,5H,4H2,(H2,11,13). The summed E-state index contributed by atoms with van der Waals surface area (Å²) in [4.78, 5) is 8.07. The third-order valence-corrected chi connectivity index (χ3v) is 2.79. The summed E-state index contributed by atoms with van der Waals surface area (Å²) < 4.78 is 6.37.